The number of hydrogen-bond donors (Lipinski definition) is 1. The number of benzene rings is 3. The first kappa shape index (κ1) is 23.4. The Bertz CT molecular complexity index is 1150. The highest BCUT2D eigenvalue weighted by Gasteiger charge is 2.31. The molecule has 8 heteroatoms. The lowest BCUT2D eigenvalue weighted by Gasteiger charge is -2.39. The van der Waals surface area contributed by atoms with Crippen molar-refractivity contribution in [3.63, 3.8) is 0 Å². The summed E-state index contributed by atoms with van der Waals surface area (Å²) in [5.74, 6) is -0.515. The number of carbonyl (C=O) groups excluding carboxylic acids is 2. The summed E-state index contributed by atoms with van der Waals surface area (Å²) in [5, 5.41) is 2.67. The molecular formula is C26H24F3N3O2. The summed E-state index contributed by atoms with van der Waals surface area (Å²) in [7, 11) is 0. The van der Waals surface area contributed by atoms with Gasteiger partial charge in [0.2, 0.25) is 0 Å². The van der Waals surface area contributed by atoms with Crippen LogP contribution in [0.5, 0.6) is 0 Å². The van der Waals surface area contributed by atoms with Crippen LogP contribution in [0.2, 0.25) is 0 Å². The fourth-order valence-electron chi connectivity index (χ4n) is 3.99. The van der Waals surface area contributed by atoms with Gasteiger partial charge in [-0.25, -0.2) is 4.79 Å². The number of amides is 3. The zero-order chi connectivity index (χ0) is 24.3. The van der Waals surface area contributed by atoms with Gasteiger partial charge in [-0.05, 0) is 67.4 Å². The fraction of sp³-hybridized carbons (Fsp3) is 0.231. The minimum atomic E-state index is -4.45. The smallest absolute Gasteiger partial charge is 0.322 e. The highest BCUT2D eigenvalue weighted by atomic mass is 19.4. The molecule has 0 bridgehead atoms. The first-order chi connectivity index (χ1) is 16.2. The van der Waals surface area contributed by atoms with Crippen molar-refractivity contribution >= 4 is 23.3 Å². The zero-order valence-electron chi connectivity index (χ0n) is 18.5. The molecule has 3 aromatic rings. The highest BCUT2D eigenvalue weighted by Crippen LogP contribution is 2.30. The van der Waals surface area contributed by atoms with Gasteiger partial charge in [0, 0.05) is 30.0 Å². The number of anilines is 2. The summed E-state index contributed by atoms with van der Waals surface area (Å²) in [6.45, 7) is 3.28. The van der Waals surface area contributed by atoms with E-state index in [1.807, 2.05) is 42.2 Å². The van der Waals surface area contributed by atoms with Crippen molar-refractivity contribution in [2.75, 3.05) is 23.3 Å². The molecule has 1 unspecified atom stereocenters. The van der Waals surface area contributed by atoms with Crippen molar-refractivity contribution < 1.29 is 22.8 Å². The lowest BCUT2D eigenvalue weighted by Crippen LogP contribution is -2.50. The minimum Gasteiger partial charge on any atom is -0.322 e. The van der Waals surface area contributed by atoms with Gasteiger partial charge in [-0.2, -0.15) is 13.2 Å². The summed E-state index contributed by atoms with van der Waals surface area (Å²) < 4.78 is 38.1. The van der Waals surface area contributed by atoms with Crippen LogP contribution in [0, 0.1) is 0 Å². The first-order valence-corrected chi connectivity index (χ1v) is 11.0. The monoisotopic (exact) mass is 467 g/mol. The van der Waals surface area contributed by atoms with E-state index in [1.54, 1.807) is 29.2 Å². The van der Waals surface area contributed by atoms with Crippen LogP contribution in [-0.4, -0.2) is 29.9 Å². The Hall–Kier alpha value is -3.81. The van der Waals surface area contributed by atoms with Crippen molar-refractivity contribution in [1.29, 1.82) is 0 Å². The Labute approximate surface area is 195 Å². The van der Waals surface area contributed by atoms with Crippen LogP contribution in [0.3, 0.4) is 0 Å². The van der Waals surface area contributed by atoms with E-state index in [1.165, 1.54) is 0 Å². The van der Waals surface area contributed by atoms with Crippen LogP contribution >= 0.6 is 0 Å². The lowest BCUT2D eigenvalue weighted by molar-refractivity contribution is -0.137. The number of hydrogen-bond acceptors (Lipinski definition) is 2. The number of alkyl halides is 3. The maximum Gasteiger partial charge on any atom is 0.416 e. The average molecular weight is 467 g/mol. The molecular weight excluding hydrogens is 443 g/mol. The third-order valence-corrected chi connectivity index (χ3v) is 5.92. The van der Waals surface area contributed by atoms with E-state index in [9.17, 15) is 22.8 Å². The highest BCUT2D eigenvalue weighted by molar-refractivity contribution is 6.04. The van der Waals surface area contributed by atoms with Gasteiger partial charge >= 0.3 is 12.2 Å². The molecule has 3 aromatic carbocycles. The van der Waals surface area contributed by atoms with E-state index < -0.39 is 17.6 Å². The summed E-state index contributed by atoms with van der Waals surface area (Å²) in [5.41, 5.74) is 1.57. The van der Waals surface area contributed by atoms with Crippen LogP contribution in [0.1, 0.15) is 40.9 Å². The molecule has 1 aliphatic rings. The Morgan fingerprint density at radius 1 is 0.912 bits per heavy atom. The predicted molar refractivity (Wildman–Crippen MR) is 125 cm³/mol. The van der Waals surface area contributed by atoms with Crippen molar-refractivity contribution in [3.05, 3.63) is 95.6 Å². The molecule has 0 radical (unpaired) electrons. The normalized spacial score (nSPS) is 15.2. The Morgan fingerprint density at radius 3 is 2.18 bits per heavy atom. The van der Waals surface area contributed by atoms with Crippen molar-refractivity contribution in [3.8, 4) is 0 Å². The van der Waals surface area contributed by atoms with E-state index in [4.69, 9.17) is 0 Å². The maximum atomic E-state index is 13.2. The average Bonchev–Trinajstić information content (AvgIpc) is 2.84. The molecule has 0 saturated carbocycles. The zero-order valence-corrected chi connectivity index (χ0v) is 18.5. The maximum absolute atomic E-state index is 13.2. The molecule has 1 fully saturated rings. The standard InChI is InChI=1S/C26H24F3N3O2/c1-18(19-6-3-2-4-7-19)31-16-5-17-32(25(31)34)23-14-12-22(13-15-23)30-24(33)20-8-10-21(11-9-20)26(27,28)29/h2-4,6-15,18H,5,16-17H2,1H3,(H,30,33). The fourth-order valence-corrected chi connectivity index (χ4v) is 3.99. The Balaban J connectivity index is 1.42. The minimum absolute atomic E-state index is 0.0567. The van der Waals surface area contributed by atoms with E-state index >= 15 is 0 Å². The number of nitrogens with zero attached hydrogens (tertiary/aromatic N) is 2. The van der Waals surface area contributed by atoms with Crippen LogP contribution in [0.15, 0.2) is 78.9 Å². The third kappa shape index (κ3) is 5.06. The predicted octanol–water partition coefficient (Wildman–Crippen LogP) is 6.35. The second-order valence-corrected chi connectivity index (χ2v) is 8.14. The molecule has 176 valence electrons. The quantitative estimate of drug-likeness (QED) is 0.475. The van der Waals surface area contributed by atoms with E-state index in [-0.39, 0.29) is 17.6 Å². The molecule has 1 aliphatic heterocycles. The largest absolute Gasteiger partial charge is 0.416 e. The lowest BCUT2D eigenvalue weighted by atomic mass is 10.1. The van der Waals surface area contributed by atoms with E-state index in [2.05, 4.69) is 5.32 Å². The van der Waals surface area contributed by atoms with Crippen molar-refractivity contribution in [2.24, 2.45) is 0 Å². The topological polar surface area (TPSA) is 52.6 Å². The summed E-state index contributed by atoms with van der Waals surface area (Å²) in [4.78, 5) is 29.2. The molecule has 4 rings (SSSR count). The van der Waals surface area contributed by atoms with Crippen LogP contribution in [0.4, 0.5) is 29.3 Å². The number of urea groups is 1. The molecule has 1 atom stereocenters. The van der Waals surface area contributed by atoms with Gasteiger partial charge in [0.1, 0.15) is 0 Å². The number of carbonyl (C=O) groups is 2. The molecule has 1 saturated heterocycles. The van der Waals surface area contributed by atoms with Gasteiger partial charge in [0.25, 0.3) is 5.91 Å². The third-order valence-electron chi connectivity index (χ3n) is 5.92. The summed E-state index contributed by atoms with van der Waals surface area (Å²) in [6, 6.07) is 20.6. The molecule has 0 aromatic heterocycles. The molecule has 5 nitrogen and oxygen atoms in total. The van der Waals surface area contributed by atoms with Gasteiger partial charge in [0.15, 0.2) is 0 Å². The second-order valence-electron chi connectivity index (χ2n) is 8.14. The molecule has 3 amide bonds. The van der Waals surface area contributed by atoms with Gasteiger partial charge in [-0.3, -0.25) is 9.69 Å². The Morgan fingerprint density at radius 2 is 1.56 bits per heavy atom. The number of halogens is 3. The van der Waals surface area contributed by atoms with Gasteiger partial charge in [-0.1, -0.05) is 30.3 Å². The first-order valence-electron chi connectivity index (χ1n) is 11.0. The van der Waals surface area contributed by atoms with Crippen molar-refractivity contribution in [2.45, 2.75) is 25.6 Å². The second kappa shape index (κ2) is 9.59. The van der Waals surface area contributed by atoms with Crippen LogP contribution in [0.25, 0.3) is 0 Å². The Kier molecular flexibility index (Phi) is 6.58. The van der Waals surface area contributed by atoms with Crippen LogP contribution < -0.4 is 10.2 Å². The van der Waals surface area contributed by atoms with Gasteiger partial charge in [0.05, 0.1) is 11.6 Å². The van der Waals surface area contributed by atoms with Gasteiger partial charge < -0.3 is 10.2 Å². The summed E-state index contributed by atoms with van der Waals surface area (Å²) >= 11 is 0. The molecule has 0 spiro atoms. The molecule has 1 N–H and O–H groups in total. The SMILES string of the molecule is CC(c1ccccc1)N1CCCN(c2ccc(NC(=O)c3ccc(C(F)(F)F)cc3)cc2)C1=O. The number of rotatable bonds is 5. The molecule has 1 heterocycles. The van der Waals surface area contributed by atoms with Crippen LogP contribution in [-0.2, 0) is 6.18 Å². The summed E-state index contributed by atoms with van der Waals surface area (Å²) in [6.07, 6.45) is -3.62. The molecule has 0 aliphatic carbocycles. The van der Waals surface area contributed by atoms with Gasteiger partial charge in [-0.15, -0.1) is 0 Å². The van der Waals surface area contributed by atoms with E-state index in [0.29, 0.717) is 24.5 Å². The van der Waals surface area contributed by atoms with Crippen molar-refractivity contribution in [1.82, 2.24) is 4.90 Å². The van der Waals surface area contributed by atoms with E-state index in [0.717, 1.165) is 36.2 Å². The number of nitrogens with one attached hydrogen (secondary N) is 1. The molecule has 34 heavy (non-hydrogen) atoms.